The summed E-state index contributed by atoms with van der Waals surface area (Å²) in [5.41, 5.74) is 0. The zero-order valence-electron chi connectivity index (χ0n) is 7.82. The highest BCUT2D eigenvalue weighted by atomic mass is 16.5. The first-order valence-corrected chi connectivity index (χ1v) is 4.82. The Labute approximate surface area is 78.1 Å². The first-order chi connectivity index (χ1) is 6.31. The van der Waals surface area contributed by atoms with Crippen LogP contribution in [0.15, 0.2) is 12.2 Å². The van der Waals surface area contributed by atoms with Crippen molar-refractivity contribution >= 4 is 5.97 Å². The average molecular weight is 181 g/mol. The lowest BCUT2D eigenvalue weighted by Crippen LogP contribution is -2.36. The van der Waals surface area contributed by atoms with Crippen LogP contribution in [0.1, 0.15) is 19.3 Å². The number of allylic oxidation sites excluding steroid dienone is 1. The summed E-state index contributed by atoms with van der Waals surface area (Å²) >= 11 is 0. The summed E-state index contributed by atoms with van der Waals surface area (Å²) in [6.07, 6.45) is 7.64. The Bertz CT molecular complexity index is 237. The number of carbonyl (C=O) groups is 1. The van der Waals surface area contributed by atoms with Gasteiger partial charge >= 0.3 is 5.97 Å². The Morgan fingerprint density at radius 1 is 1.62 bits per heavy atom. The molecule has 1 aliphatic carbocycles. The van der Waals surface area contributed by atoms with Gasteiger partial charge in [0.15, 0.2) is 0 Å². The molecule has 1 saturated heterocycles. The van der Waals surface area contributed by atoms with Crippen molar-refractivity contribution in [2.24, 2.45) is 5.92 Å². The van der Waals surface area contributed by atoms with Crippen molar-refractivity contribution in [3.63, 3.8) is 0 Å². The number of ether oxygens (including phenoxy) is 1. The minimum absolute atomic E-state index is 0.0808. The van der Waals surface area contributed by atoms with E-state index in [0.717, 1.165) is 12.8 Å². The zero-order valence-corrected chi connectivity index (χ0v) is 7.82. The van der Waals surface area contributed by atoms with E-state index >= 15 is 0 Å². The predicted molar refractivity (Wildman–Crippen MR) is 49.2 cm³/mol. The normalized spacial score (nSPS) is 37.2. The number of hydrogen-bond donors (Lipinski definition) is 1. The highest BCUT2D eigenvalue weighted by molar-refractivity contribution is 5.76. The van der Waals surface area contributed by atoms with Crippen molar-refractivity contribution in [3.8, 4) is 0 Å². The number of fused-ring (bicyclic) bond motifs is 1. The van der Waals surface area contributed by atoms with E-state index in [0.29, 0.717) is 12.0 Å². The average Bonchev–Trinajstić information content (AvgIpc) is 2.59. The van der Waals surface area contributed by atoms with Crippen LogP contribution in [-0.4, -0.2) is 25.2 Å². The van der Waals surface area contributed by atoms with Crippen LogP contribution in [0.25, 0.3) is 0 Å². The SMILES string of the molecule is COC(=O)[C@H]1C[C@H]2CCC=C[C@H]2N1. The van der Waals surface area contributed by atoms with Crippen molar-refractivity contribution in [2.75, 3.05) is 7.11 Å². The lowest BCUT2D eigenvalue weighted by Gasteiger charge is -2.18. The molecular formula is C10H15NO2. The largest absolute Gasteiger partial charge is 0.468 e. The molecule has 3 nitrogen and oxygen atoms in total. The van der Waals surface area contributed by atoms with Gasteiger partial charge in [-0.15, -0.1) is 0 Å². The molecule has 1 fully saturated rings. The molecule has 0 saturated carbocycles. The summed E-state index contributed by atoms with van der Waals surface area (Å²) in [5, 5.41) is 3.28. The summed E-state index contributed by atoms with van der Waals surface area (Å²) in [5.74, 6) is 0.511. The molecule has 2 rings (SSSR count). The van der Waals surface area contributed by atoms with Crippen molar-refractivity contribution in [1.82, 2.24) is 5.32 Å². The lowest BCUT2D eigenvalue weighted by atomic mass is 9.90. The maximum Gasteiger partial charge on any atom is 0.322 e. The third kappa shape index (κ3) is 1.61. The molecule has 1 heterocycles. The summed E-state index contributed by atoms with van der Waals surface area (Å²) in [6, 6.07) is 0.320. The van der Waals surface area contributed by atoms with E-state index in [4.69, 9.17) is 4.74 Å². The topological polar surface area (TPSA) is 38.3 Å². The third-order valence-corrected chi connectivity index (χ3v) is 2.97. The molecule has 0 bridgehead atoms. The number of hydrogen-bond acceptors (Lipinski definition) is 3. The van der Waals surface area contributed by atoms with Crippen LogP contribution in [0.3, 0.4) is 0 Å². The van der Waals surface area contributed by atoms with E-state index in [2.05, 4.69) is 17.5 Å². The first-order valence-electron chi connectivity index (χ1n) is 4.82. The summed E-state index contributed by atoms with van der Waals surface area (Å²) in [4.78, 5) is 11.2. The molecule has 2 aliphatic rings. The highest BCUT2D eigenvalue weighted by Gasteiger charge is 2.36. The smallest absolute Gasteiger partial charge is 0.322 e. The van der Waals surface area contributed by atoms with Crippen LogP contribution in [0.4, 0.5) is 0 Å². The van der Waals surface area contributed by atoms with Gasteiger partial charge in [0.2, 0.25) is 0 Å². The van der Waals surface area contributed by atoms with E-state index in [1.165, 1.54) is 13.5 Å². The fourth-order valence-electron chi connectivity index (χ4n) is 2.26. The van der Waals surface area contributed by atoms with Crippen molar-refractivity contribution in [3.05, 3.63) is 12.2 Å². The lowest BCUT2D eigenvalue weighted by molar-refractivity contribution is -0.142. The molecular weight excluding hydrogens is 166 g/mol. The molecule has 1 N–H and O–H groups in total. The second kappa shape index (κ2) is 3.50. The summed E-state index contributed by atoms with van der Waals surface area (Å²) < 4.78 is 4.71. The van der Waals surface area contributed by atoms with E-state index in [1.54, 1.807) is 0 Å². The Kier molecular flexibility index (Phi) is 2.36. The van der Waals surface area contributed by atoms with Gasteiger partial charge in [-0.3, -0.25) is 10.1 Å². The number of methoxy groups -OCH3 is 1. The van der Waals surface area contributed by atoms with Gasteiger partial charge in [0.1, 0.15) is 6.04 Å². The second-order valence-electron chi connectivity index (χ2n) is 3.77. The Morgan fingerprint density at radius 2 is 2.46 bits per heavy atom. The quantitative estimate of drug-likeness (QED) is 0.481. The summed E-state index contributed by atoms with van der Waals surface area (Å²) in [7, 11) is 1.45. The van der Waals surface area contributed by atoms with Crippen LogP contribution >= 0.6 is 0 Å². The molecule has 72 valence electrons. The van der Waals surface area contributed by atoms with E-state index < -0.39 is 0 Å². The van der Waals surface area contributed by atoms with E-state index in [-0.39, 0.29) is 12.0 Å². The van der Waals surface area contributed by atoms with E-state index in [9.17, 15) is 4.79 Å². The van der Waals surface area contributed by atoms with Crippen LogP contribution in [0, 0.1) is 5.92 Å². The van der Waals surface area contributed by atoms with Gasteiger partial charge in [0.25, 0.3) is 0 Å². The molecule has 3 heteroatoms. The fraction of sp³-hybridized carbons (Fsp3) is 0.700. The van der Waals surface area contributed by atoms with Crippen LogP contribution in [0.5, 0.6) is 0 Å². The van der Waals surface area contributed by atoms with Crippen molar-refractivity contribution in [2.45, 2.75) is 31.3 Å². The molecule has 0 spiro atoms. The summed E-state index contributed by atoms with van der Waals surface area (Å²) in [6.45, 7) is 0. The number of nitrogens with one attached hydrogen (secondary N) is 1. The van der Waals surface area contributed by atoms with Gasteiger partial charge in [-0.25, -0.2) is 0 Å². The Balaban J connectivity index is 2.00. The minimum atomic E-state index is -0.122. The predicted octanol–water partition coefficient (Wildman–Crippen LogP) is 0.856. The van der Waals surface area contributed by atoms with Crippen LogP contribution in [-0.2, 0) is 9.53 Å². The number of esters is 1. The van der Waals surface area contributed by atoms with Crippen molar-refractivity contribution < 1.29 is 9.53 Å². The maximum atomic E-state index is 11.2. The van der Waals surface area contributed by atoms with Gasteiger partial charge in [-0.2, -0.15) is 0 Å². The minimum Gasteiger partial charge on any atom is -0.468 e. The Morgan fingerprint density at radius 3 is 3.15 bits per heavy atom. The molecule has 0 radical (unpaired) electrons. The number of carbonyl (C=O) groups excluding carboxylic acids is 1. The molecule has 0 unspecified atom stereocenters. The highest BCUT2D eigenvalue weighted by Crippen LogP contribution is 2.29. The Hall–Kier alpha value is -0.830. The van der Waals surface area contributed by atoms with Crippen LogP contribution < -0.4 is 5.32 Å². The zero-order chi connectivity index (χ0) is 9.26. The van der Waals surface area contributed by atoms with Gasteiger partial charge < -0.3 is 4.74 Å². The third-order valence-electron chi connectivity index (χ3n) is 2.97. The van der Waals surface area contributed by atoms with Crippen LogP contribution in [0.2, 0.25) is 0 Å². The second-order valence-corrected chi connectivity index (χ2v) is 3.77. The van der Waals surface area contributed by atoms with Gasteiger partial charge in [0, 0.05) is 6.04 Å². The fourth-order valence-corrected chi connectivity index (χ4v) is 2.26. The molecule has 0 aromatic rings. The molecule has 0 aromatic carbocycles. The molecule has 3 atom stereocenters. The van der Waals surface area contributed by atoms with Gasteiger partial charge in [-0.05, 0) is 25.2 Å². The molecule has 13 heavy (non-hydrogen) atoms. The first kappa shape index (κ1) is 8.75. The molecule has 1 aliphatic heterocycles. The van der Waals surface area contributed by atoms with E-state index in [1.807, 2.05) is 0 Å². The molecule has 0 aromatic heterocycles. The molecule has 0 amide bonds. The van der Waals surface area contributed by atoms with Gasteiger partial charge in [-0.1, -0.05) is 12.2 Å². The number of rotatable bonds is 1. The monoisotopic (exact) mass is 181 g/mol. The standard InChI is InChI=1S/C10H15NO2/c1-13-10(12)9-6-7-4-2-3-5-8(7)11-9/h3,5,7-9,11H,2,4,6H2,1H3/t7-,8-,9-/m1/s1. The van der Waals surface area contributed by atoms with Gasteiger partial charge in [0.05, 0.1) is 7.11 Å². The maximum absolute atomic E-state index is 11.2. The van der Waals surface area contributed by atoms with Crippen molar-refractivity contribution in [1.29, 1.82) is 0 Å².